The van der Waals surface area contributed by atoms with Gasteiger partial charge in [-0.3, -0.25) is 4.79 Å². The normalized spacial score (nSPS) is 16.5. The number of nitrogens with zero attached hydrogens (tertiary/aromatic N) is 1. The number of aliphatic carboxylic acids is 1. The minimum absolute atomic E-state index is 0.183. The molecule has 1 atom stereocenters. The first-order chi connectivity index (χ1) is 10.6. The molecule has 2 aromatic rings. The number of carboxylic acid groups (broad SMARTS) is 1. The smallest absolute Gasteiger partial charge is 0.346 e. The number of rotatable bonds is 3. The maximum absolute atomic E-state index is 11.3. The number of nitrogens with two attached hydrogens (primary N) is 1. The first-order valence-corrected chi connectivity index (χ1v) is 6.72. The molecule has 0 bridgehead atoms. The molecule has 0 saturated carbocycles. The molecule has 22 heavy (non-hydrogen) atoms. The van der Waals surface area contributed by atoms with Gasteiger partial charge in [-0.2, -0.15) is 0 Å². The number of ether oxygens (including phenoxy) is 1. The van der Waals surface area contributed by atoms with Crippen LogP contribution in [0.25, 0.3) is 0 Å². The Bertz CT molecular complexity index is 727. The van der Waals surface area contributed by atoms with E-state index in [1.807, 2.05) is 17.0 Å². The summed E-state index contributed by atoms with van der Waals surface area (Å²) in [5, 5.41) is 9.23. The van der Waals surface area contributed by atoms with E-state index < -0.39 is 18.0 Å². The van der Waals surface area contributed by atoms with E-state index in [1.54, 1.807) is 36.4 Å². The number of para-hydroxylation sites is 2. The molecule has 6 nitrogen and oxygen atoms in total. The van der Waals surface area contributed by atoms with E-state index in [-0.39, 0.29) is 6.54 Å². The number of carboxylic acids is 1. The maximum atomic E-state index is 11.3. The second-order valence-corrected chi connectivity index (χ2v) is 4.93. The Morgan fingerprint density at radius 1 is 1.14 bits per heavy atom. The molecule has 6 heteroatoms. The Labute approximate surface area is 126 Å². The Hall–Kier alpha value is -3.02. The number of carbonyl (C=O) groups is 2. The highest BCUT2D eigenvalue weighted by atomic mass is 16.5. The summed E-state index contributed by atoms with van der Waals surface area (Å²) < 4.78 is 5.49. The summed E-state index contributed by atoms with van der Waals surface area (Å²) in [5.74, 6) is -1.01. The van der Waals surface area contributed by atoms with Crippen LogP contribution in [0.3, 0.4) is 0 Å². The predicted molar refractivity (Wildman–Crippen MR) is 80.5 cm³/mol. The Morgan fingerprint density at radius 2 is 1.82 bits per heavy atom. The van der Waals surface area contributed by atoms with Crippen LogP contribution in [0.2, 0.25) is 0 Å². The van der Waals surface area contributed by atoms with Crippen LogP contribution in [0.15, 0.2) is 48.5 Å². The molecule has 0 spiro atoms. The van der Waals surface area contributed by atoms with Gasteiger partial charge in [-0.1, -0.05) is 12.1 Å². The van der Waals surface area contributed by atoms with E-state index in [0.717, 1.165) is 11.4 Å². The highest BCUT2D eigenvalue weighted by Gasteiger charge is 2.31. The third kappa shape index (κ3) is 2.46. The van der Waals surface area contributed by atoms with Crippen molar-refractivity contribution in [1.29, 1.82) is 0 Å². The van der Waals surface area contributed by atoms with Crippen molar-refractivity contribution in [3.05, 3.63) is 54.1 Å². The SMILES string of the molecule is NC(=O)c1ccc(N2CC(C(=O)O)Oc3ccccc32)cc1. The van der Waals surface area contributed by atoms with Gasteiger partial charge in [0.1, 0.15) is 5.75 Å². The van der Waals surface area contributed by atoms with Crippen LogP contribution in [-0.4, -0.2) is 29.6 Å². The van der Waals surface area contributed by atoms with Gasteiger partial charge in [0.05, 0.1) is 12.2 Å². The molecule has 1 aliphatic rings. The lowest BCUT2D eigenvalue weighted by atomic mass is 10.1. The van der Waals surface area contributed by atoms with Gasteiger partial charge in [0, 0.05) is 11.3 Å². The molecular formula is C16H14N2O4. The number of benzene rings is 2. The molecule has 112 valence electrons. The second-order valence-electron chi connectivity index (χ2n) is 4.93. The molecule has 0 aliphatic carbocycles. The summed E-state index contributed by atoms with van der Waals surface area (Å²) in [7, 11) is 0. The third-order valence-corrected chi connectivity index (χ3v) is 3.51. The second kappa shape index (κ2) is 5.40. The van der Waals surface area contributed by atoms with E-state index in [9.17, 15) is 14.7 Å². The van der Waals surface area contributed by atoms with Crippen molar-refractivity contribution in [1.82, 2.24) is 0 Å². The zero-order chi connectivity index (χ0) is 15.7. The fourth-order valence-electron chi connectivity index (χ4n) is 2.41. The van der Waals surface area contributed by atoms with Crippen LogP contribution in [0.5, 0.6) is 5.75 Å². The van der Waals surface area contributed by atoms with Gasteiger partial charge in [-0.05, 0) is 36.4 Å². The zero-order valence-corrected chi connectivity index (χ0v) is 11.6. The lowest BCUT2D eigenvalue weighted by Crippen LogP contribution is -2.42. The van der Waals surface area contributed by atoms with E-state index in [4.69, 9.17) is 10.5 Å². The number of carbonyl (C=O) groups excluding carboxylic acids is 1. The number of hydrogen-bond donors (Lipinski definition) is 2. The van der Waals surface area contributed by atoms with Crippen LogP contribution < -0.4 is 15.4 Å². The van der Waals surface area contributed by atoms with Gasteiger partial charge < -0.3 is 20.5 Å². The van der Waals surface area contributed by atoms with Crippen LogP contribution in [-0.2, 0) is 4.79 Å². The van der Waals surface area contributed by atoms with Crippen molar-refractivity contribution < 1.29 is 19.4 Å². The van der Waals surface area contributed by atoms with E-state index in [2.05, 4.69) is 0 Å². The molecule has 2 aromatic carbocycles. The Balaban J connectivity index is 2.01. The average Bonchev–Trinajstić information content (AvgIpc) is 2.53. The summed E-state index contributed by atoms with van der Waals surface area (Å²) in [4.78, 5) is 24.3. The first-order valence-electron chi connectivity index (χ1n) is 6.72. The Kier molecular flexibility index (Phi) is 3.42. The molecule has 0 fully saturated rings. The molecule has 1 unspecified atom stereocenters. The number of anilines is 2. The largest absolute Gasteiger partial charge is 0.478 e. The molecule has 0 aromatic heterocycles. The summed E-state index contributed by atoms with van der Waals surface area (Å²) in [6.07, 6.45) is -0.953. The molecule has 0 saturated heterocycles. The maximum Gasteiger partial charge on any atom is 0.346 e. The van der Waals surface area contributed by atoms with Gasteiger partial charge in [0.2, 0.25) is 12.0 Å². The minimum atomic E-state index is -1.02. The van der Waals surface area contributed by atoms with Gasteiger partial charge in [0.15, 0.2) is 0 Å². The van der Waals surface area contributed by atoms with Crippen LogP contribution >= 0.6 is 0 Å². The number of hydrogen-bond acceptors (Lipinski definition) is 4. The number of fused-ring (bicyclic) bond motifs is 1. The highest BCUT2D eigenvalue weighted by Crippen LogP contribution is 2.37. The third-order valence-electron chi connectivity index (χ3n) is 3.51. The van der Waals surface area contributed by atoms with Gasteiger partial charge in [-0.25, -0.2) is 4.79 Å². The van der Waals surface area contributed by atoms with Crippen molar-refractivity contribution in [2.75, 3.05) is 11.4 Å². The van der Waals surface area contributed by atoms with Crippen molar-refractivity contribution >= 4 is 23.3 Å². The number of primary amides is 1. The van der Waals surface area contributed by atoms with Crippen LogP contribution in [0.4, 0.5) is 11.4 Å². The van der Waals surface area contributed by atoms with Crippen molar-refractivity contribution in [3.8, 4) is 5.75 Å². The van der Waals surface area contributed by atoms with Crippen LogP contribution in [0, 0.1) is 0 Å². The fraction of sp³-hybridized carbons (Fsp3) is 0.125. The van der Waals surface area contributed by atoms with Crippen LogP contribution in [0.1, 0.15) is 10.4 Å². The summed E-state index contributed by atoms with van der Waals surface area (Å²) in [6, 6.07) is 13.9. The van der Waals surface area contributed by atoms with E-state index >= 15 is 0 Å². The van der Waals surface area contributed by atoms with Gasteiger partial charge in [-0.15, -0.1) is 0 Å². The average molecular weight is 298 g/mol. The Morgan fingerprint density at radius 3 is 2.45 bits per heavy atom. The molecule has 0 radical (unpaired) electrons. The summed E-state index contributed by atoms with van der Waals surface area (Å²) in [5.41, 5.74) is 7.19. The van der Waals surface area contributed by atoms with Crippen molar-refractivity contribution in [2.24, 2.45) is 5.73 Å². The predicted octanol–water partition coefficient (Wildman–Crippen LogP) is 1.77. The summed E-state index contributed by atoms with van der Waals surface area (Å²) in [6.45, 7) is 0.183. The number of amides is 1. The lowest BCUT2D eigenvalue weighted by molar-refractivity contribution is -0.144. The van der Waals surface area contributed by atoms with E-state index in [1.165, 1.54) is 0 Å². The van der Waals surface area contributed by atoms with Crippen molar-refractivity contribution in [2.45, 2.75) is 6.10 Å². The first kappa shape index (κ1) is 13.9. The molecule has 3 rings (SSSR count). The topological polar surface area (TPSA) is 92.9 Å². The molecule has 1 aliphatic heterocycles. The monoisotopic (exact) mass is 298 g/mol. The van der Waals surface area contributed by atoms with E-state index in [0.29, 0.717) is 11.3 Å². The van der Waals surface area contributed by atoms with Crippen molar-refractivity contribution in [3.63, 3.8) is 0 Å². The van der Waals surface area contributed by atoms with Gasteiger partial charge >= 0.3 is 5.97 Å². The molecule has 1 heterocycles. The fourth-order valence-corrected chi connectivity index (χ4v) is 2.41. The summed E-state index contributed by atoms with van der Waals surface area (Å²) >= 11 is 0. The molecular weight excluding hydrogens is 284 g/mol. The quantitative estimate of drug-likeness (QED) is 0.900. The lowest BCUT2D eigenvalue weighted by Gasteiger charge is -2.34. The minimum Gasteiger partial charge on any atom is -0.478 e. The standard InChI is InChI=1S/C16H14N2O4/c17-15(19)10-5-7-11(8-6-10)18-9-14(16(20)21)22-13-4-2-1-3-12(13)18/h1-8,14H,9H2,(H2,17,19)(H,20,21). The molecule has 3 N–H and O–H groups in total. The van der Waals surface area contributed by atoms with Gasteiger partial charge in [0.25, 0.3) is 0 Å². The zero-order valence-electron chi connectivity index (χ0n) is 11.6. The highest BCUT2D eigenvalue weighted by molar-refractivity contribution is 5.93. The molecule has 1 amide bonds.